The van der Waals surface area contributed by atoms with Crippen molar-refractivity contribution in [2.24, 2.45) is 5.92 Å². The number of carbonyl (C=O) groups excluding carboxylic acids is 2. The summed E-state index contributed by atoms with van der Waals surface area (Å²) in [5.74, 6) is -0.640. The van der Waals surface area contributed by atoms with Crippen molar-refractivity contribution < 1.29 is 19.4 Å². The van der Waals surface area contributed by atoms with Crippen LogP contribution in [0.25, 0.3) is 0 Å². The second-order valence-electron chi connectivity index (χ2n) is 5.50. The smallest absolute Gasteiger partial charge is 0.313 e. The van der Waals surface area contributed by atoms with Gasteiger partial charge in [0, 0.05) is 12.2 Å². The fourth-order valence-electron chi connectivity index (χ4n) is 2.05. The molecule has 114 valence electrons. The van der Waals surface area contributed by atoms with Crippen molar-refractivity contribution >= 4 is 17.5 Å². The second kappa shape index (κ2) is 6.13. The number of rotatable bonds is 5. The molecule has 6 heteroatoms. The molecule has 1 aromatic rings. The van der Waals surface area contributed by atoms with Gasteiger partial charge in [-0.05, 0) is 49.9 Å². The minimum Gasteiger partial charge on any atom is -0.497 e. The van der Waals surface area contributed by atoms with E-state index < -0.39 is 17.4 Å². The second-order valence-corrected chi connectivity index (χ2v) is 5.50. The van der Waals surface area contributed by atoms with E-state index in [2.05, 4.69) is 10.6 Å². The average Bonchev–Trinajstić information content (AvgIpc) is 3.30. The molecule has 0 bridgehead atoms. The van der Waals surface area contributed by atoms with E-state index in [9.17, 15) is 14.7 Å². The van der Waals surface area contributed by atoms with Gasteiger partial charge in [0.15, 0.2) is 0 Å². The Bertz CT molecular complexity index is 521. The Kier molecular flexibility index (Phi) is 4.47. The predicted molar refractivity (Wildman–Crippen MR) is 78.0 cm³/mol. The Hall–Kier alpha value is -2.08. The molecule has 3 N–H and O–H groups in total. The summed E-state index contributed by atoms with van der Waals surface area (Å²) in [6, 6.07) is 6.66. The number of hydrogen-bond donors (Lipinski definition) is 3. The molecule has 0 heterocycles. The molecular weight excluding hydrogens is 272 g/mol. The van der Waals surface area contributed by atoms with Gasteiger partial charge in [-0.3, -0.25) is 9.59 Å². The molecule has 1 atom stereocenters. The van der Waals surface area contributed by atoms with Crippen molar-refractivity contribution in [3.63, 3.8) is 0 Å². The molecule has 2 amide bonds. The zero-order valence-corrected chi connectivity index (χ0v) is 12.2. The largest absolute Gasteiger partial charge is 0.497 e. The van der Waals surface area contributed by atoms with Gasteiger partial charge >= 0.3 is 11.8 Å². The fraction of sp³-hybridized carbons (Fsp3) is 0.467. The van der Waals surface area contributed by atoms with E-state index in [-0.39, 0.29) is 12.5 Å². The number of benzene rings is 1. The number of methoxy groups -OCH3 is 1. The third-order valence-electron chi connectivity index (χ3n) is 3.62. The topological polar surface area (TPSA) is 87.7 Å². The SMILES string of the molecule is COc1ccc(NC(=O)C(=O)NCC(C)(O)C2CC2)cc1. The van der Waals surface area contributed by atoms with Gasteiger partial charge in [-0.15, -0.1) is 0 Å². The molecule has 1 aliphatic carbocycles. The normalized spacial score (nSPS) is 16.7. The van der Waals surface area contributed by atoms with E-state index in [4.69, 9.17) is 4.74 Å². The van der Waals surface area contributed by atoms with Crippen molar-refractivity contribution in [1.29, 1.82) is 0 Å². The lowest BCUT2D eigenvalue weighted by Gasteiger charge is -2.22. The molecule has 1 unspecified atom stereocenters. The van der Waals surface area contributed by atoms with E-state index in [1.165, 1.54) is 0 Å². The lowest BCUT2D eigenvalue weighted by molar-refractivity contribution is -0.136. The van der Waals surface area contributed by atoms with E-state index in [0.29, 0.717) is 11.4 Å². The first kappa shape index (κ1) is 15.3. The molecule has 0 aliphatic heterocycles. The average molecular weight is 292 g/mol. The van der Waals surface area contributed by atoms with Crippen molar-refractivity contribution in [3.8, 4) is 5.75 Å². The van der Waals surface area contributed by atoms with Crippen molar-refractivity contribution in [3.05, 3.63) is 24.3 Å². The number of anilines is 1. The van der Waals surface area contributed by atoms with Crippen LogP contribution in [0.4, 0.5) is 5.69 Å². The van der Waals surface area contributed by atoms with Gasteiger partial charge < -0.3 is 20.5 Å². The predicted octanol–water partition coefficient (Wildman–Crippen LogP) is 0.911. The van der Waals surface area contributed by atoms with Crippen LogP contribution < -0.4 is 15.4 Å². The lowest BCUT2D eigenvalue weighted by atomic mass is 10.0. The third-order valence-corrected chi connectivity index (χ3v) is 3.62. The van der Waals surface area contributed by atoms with Gasteiger partial charge in [0.2, 0.25) is 0 Å². The zero-order valence-electron chi connectivity index (χ0n) is 12.2. The minimum absolute atomic E-state index is 0.0759. The maximum atomic E-state index is 11.7. The summed E-state index contributed by atoms with van der Waals surface area (Å²) in [4.78, 5) is 23.4. The van der Waals surface area contributed by atoms with Crippen molar-refractivity contribution in [2.75, 3.05) is 19.0 Å². The number of ether oxygens (including phenoxy) is 1. The van der Waals surface area contributed by atoms with E-state index in [1.807, 2.05) is 0 Å². The van der Waals surface area contributed by atoms with Crippen LogP contribution in [0.15, 0.2) is 24.3 Å². The Morgan fingerprint density at radius 3 is 2.43 bits per heavy atom. The summed E-state index contributed by atoms with van der Waals surface area (Å²) in [5, 5.41) is 15.0. The maximum absolute atomic E-state index is 11.7. The maximum Gasteiger partial charge on any atom is 0.313 e. The van der Waals surface area contributed by atoms with Crippen LogP contribution in [-0.4, -0.2) is 36.2 Å². The molecule has 1 aliphatic rings. The minimum atomic E-state index is -0.948. The summed E-state index contributed by atoms with van der Waals surface area (Å²) >= 11 is 0. The first-order chi connectivity index (χ1) is 9.92. The summed E-state index contributed by atoms with van der Waals surface area (Å²) in [5.41, 5.74) is -0.444. The van der Waals surface area contributed by atoms with Gasteiger partial charge in [0.25, 0.3) is 0 Å². The summed E-state index contributed by atoms with van der Waals surface area (Å²) < 4.78 is 5.01. The highest BCUT2D eigenvalue weighted by Gasteiger charge is 2.40. The molecule has 0 radical (unpaired) electrons. The molecule has 6 nitrogen and oxygen atoms in total. The quantitative estimate of drug-likeness (QED) is 0.704. The van der Waals surface area contributed by atoms with Crippen LogP contribution in [0.2, 0.25) is 0 Å². The molecule has 21 heavy (non-hydrogen) atoms. The monoisotopic (exact) mass is 292 g/mol. The van der Waals surface area contributed by atoms with Crippen LogP contribution in [0.3, 0.4) is 0 Å². The van der Waals surface area contributed by atoms with Crippen LogP contribution in [-0.2, 0) is 9.59 Å². The zero-order chi connectivity index (χ0) is 15.5. The van der Waals surface area contributed by atoms with Crippen molar-refractivity contribution in [2.45, 2.75) is 25.4 Å². The lowest BCUT2D eigenvalue weighted by Crippen LogP contribution is -2.45. The van der Waals surface area contributed by atoms with Gasteiger partial charge in [-0.1, -0.05) is 0 Å². The van der Waals surface area contributed by atoms with E-state index in [0.717, 1.165) is 12.8 Å². The first-order valence-electron chi connectivity index (χ1n) is 6.88. The highest BCUT2D eigenvalue weighted by Crippen LogP contribution is 2.38. The Morgan fingerprint density at radius 2 is 1.90 bits per heavy atom. The highest BCUT2D eigenvalue weighted by molar-refractivity contribution is 6.39. The van der Waals surface area contributed by atoms with Gasteiger partial charge in [-0.2, -0.15) is 0 Å². The van der Waals surface area contributed by atoms with E-state index in [1.54, 1.807) is 38.3 Å². The number of nitrogens with one attached hydrogen (secondary N) is 2. The van der Waals surface area contributed by atoms with Crippen LogP contribution in [0, 0.1) is 5.92 Å². The Morgan fingerprint density at radius 1 is 1.29 bits per heavy atom. The van der Waals surface area contributed by atoms with Gasteiger partial charge in [0.05, 0.1) is 12.7 Å². The Balaban J connectivity index is 1.82. The van der Waals surface area contributed by atoms with Crippen molar-refractivity contribution in [1.82, 2.24) is 5.32 Å². The fourth-order valence-corrected chi connectivity index (χ4v) is 2.05. The molecule has 0 spiro atoms. The molecule has 2 rings (SSSR count). The summed E-state index contributed by atoms with van der Waals surface area (Å²) in [6.45, 7) is 1.75. The van der Waals surface area contributed by atoms with Gasteiger partial charge in [-0.25, -0.2) is 0 Å². The molecule has 0 saturated heterocycles. The number of hydrogen-bond acceptors (Lipinski definition) is 4. The summed E-state index contributed by atoms with van der Waals surface area (Å²) in [7, 11) is 1.55. The first-order valence-corrected chi connectivity index (χ1v) is 6.88. The summed E-state index contributed by atoms with van der Waals surface area (Å²) in [6.07, 6.45) is 1.92. The molecule has 0 aromatic heterocycles. The number of amides is 2. The van der Waals surface area contributed by atoms with Gasteiger partial charge in [0.1, 0.15) is 5.75 Å². The molecule has 1 saturated carbocycles. The van der Waals surface area contributed by atoms with Crippen LogP contribution >= 0.6 is 0 Å². The molecule has 1 aromatic carbocycles. The number of carbonyl (C=O) groups is 2. The molecular formula is C15H20N2O4. The highest BCUT2D eigenvalue weighted by atomic mass is 16.5. The van der Waals surface area contributed by atoms with Crippen LogP contribution in [0.5, 0.6) is 5.75 Å². The third kappa shape index (κ3) is 4.19. The van der Waals surface area contributed by atoms with E-state index >= 15 is 0 Å². The Labute approximate surface area is 123 Å². The standard InChI is InChI=1S/C15H20N2O4/c1-15(20,10-3-4-10)9-16-13(18)14(19)17-11-5-7-12(21-2)8-6-11/h5-8,10,20H,3-4,9H2,1-2H3,(H,16,18)(H,17,19). The van der Waals surface area contributed by atoms with Crippen LogP contribution in [0.1, 0.15) is 19.8 Å². The number of aliphatic hydroxyl groups is 1. The molecule has 1 fully saturated rings.